The molecular weight excluding hydrogens is 292 g/mol. The Morgan fingerprint density at radius 1 is 1.29 bits per heavy atom. The van der Waals surface area contributed by atoms with Gasteiger partial charge in [-0.05, 0) is 0 Å². The third-order valence-electron chi connectivity index (χ3n) is 3.99. The van der Waals surface area contributed by atoms with Crippen molar-refractivity contribution in [2.45, 2.75) is 18.9 Å². The first kappa shape index (κ1) is 16.2. The standard InChI is InChI=1S/C13H22N4O3S/c14-2-1-4-16-5-7-17(8-6-16)13(18)10-12-11-21(19,20)9-3-15-12/h12,15H,1,3-11H2. The van der Waals surface area contributed by atoms with Gasteiger partial charge in [-0.25, -0.2) is 8.42 Å². The van der Waals surface area contributed by atoms with Crippen LogP contribution < -0.4 is 5.32 Å². The summed E-state index contributed by atoms with van der Waals surface area (Å²) >= 11 is 0. The summed E-state index contributed by atoms with van der Waals surface area (Å²) in [6.07, 6.45) is 0.759. The Bertz CT molecular complexity index is 506. The highest BCUT2D eigenvalue weighted by Gasteiger charge is 2.28. The number of nitriles is 1. The summed E-state index contributed by atoms with van der Waals surface area (Å²) in [5, 5.41) is 11.7. The molecule has 0 saturated carbocycles. The van der Waals surface area contributed by atoms with E-state index in [1.54, 1.807) is 4.90 Å². The Labute approximate surface area is 125 Å². The van der Waals surface area contributed by atoms with Gasteiger partial charge in [0.15, 0.2) is 9.84 Å². The predicted octanol–water partition coefficient (Wildman–Crippen LogP) is -1.18. The van der Waals surface area contributed by atoms with E-state index in [1.807, 2.05) is 0 Å². The van der Waals surface area contributed by atoms with Crippen molar-refractivity contribution in [3.8, 4) is 6.07 Å². The van der Waals surface area contributed by atoms with Crippen LogP contribution >= 0.6 is 0 Å². The molecule has 1 unspecified atom stereocenters. The second-order valence-electron chi connectivity index (χ2n) is 5.60. The molecule has 0 aromatic heterocycles. The van der Waals surface area contributed by atoms with Crippen molar-refractivity contribution < 1.29 is 13.2 Å². The van der Waals surface area contributed by atoms with Crippen molar-refractivity contribution in [3.05, 3.63) is 0 Å². The van der Waals surface area contributed by atoms with E-state index in [4.69, 9.17) is 5.26 Å². The van der Waals surface area contributed by atoms with Crippen LogP contribution in [0.4, 0.5) is 0 Å². The number of hydrogen-bond acceptors (Lipinski definition) is 6. The molecular formula is C13H22N4O3S. The molecule has 7 nitrogen and oxygen atoms in total. The summed E-state index contributed by atoms with van der Waals surface area (Å²) in [5.41, 5.74) is 0. The van der Waals surface area contributed by atoms with E-state index in [0.717, 1.165) is 19.6 Å². The third-order valence-corrected chi connectivity index (χ3v) is 5.72. The van der Waals surface area contributed by atoms with Crippen LogP contribution in [0.15, 0.2) is 0 Å². The lowest BCUT2D eigenvalue weighted by Gasteiger charge is -2.35. The van der Waals surface area contributed by atoms with Crippen LogP contribution in [0.1, 0.15) is 12.8 Å². The van der Waals surface area contributed by atoms with Crippen LogP contribution in [0.2, 0.25) is 0 Å². The molecule has 1 amide bonds. The van der Waals surface area contributed by atoms with Crippen LogP contribution in [0, 0.1) is 11.3 Å². The normalized spacial score (nSPS) is 26.2. The zero-order chi connectivity index (χ0) is 15.3. The molecule has 21 heavy (non-hydrogen) atoms. The van der Waals surface area contributed by atoms with Crippen molar-refractivity contribution in [3.63, 3.8) is 0 Å². The minimum absolute atomic E-state index is 0.0181. The highest BCUT2D eigenvalue weighted by Crippen LogP contribution is 2.09. The Balaban J connectivity index is 1.76. The lowest BCUT2D eigenvalue weighted by Crippen LogP contribution is -2.52. The van der Waals surface area contributed by atoms with E-state index in [2.05, 4.69) is 16.3 Å². The Kier molecular flexibility index (Phi) is 5.56. The Morgan fingerprint density at radius 3 is 2.62 bits per heavy atom. The van der Waals surface area contributed by atoms with Gasteiger partial charge >= 0.3 is 0 Å². The third kappa shape index (κ3) is 4.95. The zero-order valence-electron chi connectivity index (χ0n) is 12.1. The number of nitrogens with zero attached hydrogens (tertiary/aromatic N) is 3. The minimum Gasteiger partial charge on any atom is -0.340 e. The van der Waals surface area contributed by atoms with Gasteiger partial charge in [0.2, 0.25) is 5.91 Å². The van der Waals surface area contributed by atoms with E-state index in [1.165, 1.54) is 0 Å². The number of rotatable bonds is 4. The first-order valence-corrected chi connectivity index (χ1v) is 9.13. The maximum Gasteiger partial charge on any atom is 0.224 e. The molecule has 8 heteroatoms. The zero-order valence-corrected chi connectivity index (χ0v) is 12.9. The minimum atomic E-state index is -3.00. The summed E-state index contributed by atoms with van der Waals surface area (Å²) in [5.74, 6) is 0.236. The van der Waals surface area contributed by atoms with Crippen molar-refractivity contribution in [1.29, 1.82) is 5.26 Å². The molecule has 0 aromatic carbocycles. The fraction of sp³-hybridized carbons (Fsp3) is 0.846. The second-order valence-corrected chi connectivity index (χ2v) is 7.83. The molecule has 2 saturated heterocycles. The van der Waals surface area contributed by atoms with Gasteiger partial charge in [0.25, 0.3) is 0 Å². The molecule has 0 radical (unpaired) electrons. The van der Waals surface area contributed by atoms with Crippen LogP contribution in [-0.4, -0.2) is 80.9 Å². The topological polar surface area (TPSA) is 93.5 Å². The van der Waals surface area contributed by atoms with Gasteiger partial charge in [0.05, 0.1) is 17.6 Å². The van der Waals surface area contributed by atoms with E-state index < -0.39 is 9.84 Å². The average Bonchev–Trinajstić information content (AvgIpc) is 2.44. The number of amides is 1. The number of carbonyl (C=O) groups excluding carboxylic acids is 1. The molecule has 1 atom stereocenters. The second kappa shape index (κ2) is 7.20. The highest BCUT2D eigenvalue weighted by atomic mass is 32.2. The molecule has 2 fully saturated rings. The Hall–Kier alpha value is -1.17. The predicted molar refractivity (Wildman–Crippen MR) is 78.3 cm³/mol. The van der Waals surface area contributed by atoms with Gasteiger partial charge < -0.3 is 10.2 Å². The fourth-order valence-corrected chi connectivity index (χ4v) is 4.21. The monoisotopic (exact) mass is 314 g/mol. The van der Waals surface area contributed by atoms with Crippen LogP contribution in [0.25, 0.3) is 0 Å². The first-order valence-electron chi connectivity index (χ1n) is 7.31. The summed E-state index contributed by atoms with van der Waals surface area (Å²) in [6, 6.07) is 1.87. The highest BCUT2D eigenvalue weighted by molar-refractivity contribution is 7.91. The molecule has 2 aliphatic heterocycles. The maximum absolute atomic E-state index is 12.2. The van der Waals surface area contributed by atoms with Crippen molar-refractivity contribution >= 4 is 15.7 Å². The summed E-state index contributed by atoms with van der Waals surface area (Å²) in [6.45, 7) is 4.06. The van der Waals surface area contributed by atoms with Crippen LogP contribution in [0.3, 0.4) is 0 Å². The first-order chi connectivity index (χ1) is 10.00. The number of piperazine rings is 1. The van der Waals surface area contributed by atoms with Crippen molar-refractivity contribution in [2.75, 3.05) is 50.8 Å². The smallest absolute Gasteiger partial charge is 0.224 e. The molecule has 118 valence electrons. The Morgan fingerprint density at radius 2 is 2.00 bits per heavy atom. The fourth-order valence-electron chi connectivity index (χ4n) is 2.77. The molecule has 0 aromatic rings. The van der Waals surface area contributed by atoms with Crippen LogP contribution in [-0.2, 0) is 14.6 Å². The van der Waals surface area contributed by atoms with E-state index in [9.17, 15) is 13.2 Å². The molecule has 0 bridgehead atoms. The molecule has 2 aliphatic rings. The lowest BCUT2D eigenvalue weighted by atomic mass is 10.2. The van der Waals surface area contributed by atoms with Crippen molar-refractivity contribution in [1.82, 2.24) is 15.1 Å². The molecule has 1 N–H and O–H groups in total. The average molecular weight is 314 g/mol. The van der Waals surface area contributed by atoms with Gasteiger partial charge in [-0.2, -0.15) is 5.26 Å². The lowest BCUT2D eigenvalue weighted by molar-refractivity contribution is -0.133. The van der Waals surface area contributed by atoms with Crippen molar-refractivity contribution in [2.24, 2.45) is 0 Å². The number of nitrogens with one attached hydrogen (secondary N) is 1. The summed E-state index contributed by atoms with van der Waals surface area (Å²) < 4.78 is 23.1. The number of sulfone groups is 1. The van der Waals surface area contributed by atoms with Gasteiger partial charge in [0.1, 0.15) is 0 Å². The van der Waals surface area contributed by atoms with Crippen LogP contribution in [0.5, 0.6) is 0 Å². The molecule has 2 heterocycles. The van der Waals surface area contributed by atoms with Gasteiger partial charge in [-0.3, -0.25) is 9.69 Å². The van der Waals surface area contributed by atoms with E-state index in [-0.39, 0.29) is 29.9 Å². The van der Waals surface area contributed by atoms with Gasteiger partial charge in [0, 0.05) is 58.2 Å². The SMILES string of the molecule is N#CCCN1CCN(C(=O)CC2CS(=O)(=O)CCN2)CC1. The molecule has 0 spiro atoms. The number of carbonyl (C=O) groups is 1. The van der Waals surface area contributed by atoms with Gasteiger partial charge in [-0.1, -0.05) is 0 Å². The largest absolute Gasteiger partial charge is 0.340 e. The van der Waals surface area contributed by atoms with E-state index >= 15 is 0 Å². The van der Waals surface area contributed by atoms with E-state index in [0.29, 0.717) is 26.1 Å². The molecule has 0 aliphatic carbocycles. The maximum atomic E-state index is 12.2. The summed E-state index contributed by atoms with van der Waals surface area (Å²) in [7, 11) is -3.00. The van der Waals surface area contributed by atoms with Gasteiger partial charge in [-0.15, -0.1) is 0 Å². The summed E-state index contributed by atoms with van der Waals surface area (Å²) in [4.78, 5) is 16.2. The number of hydrogen-bond donors (Lipinski definition) is 1. The quantitative estimate of drug-likeness (QED) is 0.702. The molecule has 2 rings (SSSR count).